The van der Waals surface area contributed by atoms with E-state index in [9.17, 15) is 4.79 Å². The molecule has 0 aliphatic heterocycles. The van der Waals surface area contributed by atoms with Crippen molar-refractivity contribution in [3.63, 3.8) is 0 Å². The summed E-state index contributed by atoms with van der Waals surface area (Å²) in [4.78, 5) is 17.7. The van der Waals surface area contributed by atoms with Gasteiger partial charge in [0.15, 0.2) is 11.2 Å². The molecule has 1 aliphatic rings. The first-order valence-corrected chi connectivity index (χ1v) is 11.0. The van der Waals surface area contributed by atoms with Crippen molar-refractivity contribution in [1.82, 2.24) is 9.55 Å². The first-order valence-electron chi connectivity index (χ1n) is 11.0. The number of aryl methyl sites for hydroxylation is 2. The van der Waals surface area contributed by atoms with Crippen LogP contribution in [0.15, 0.2) is 53.5 Å². The van der Waals surface area contributed by atoms with Crippen LogP contribution in [0.5, 0.6) is 5.75 Å². The zero-order chi connectivity index (χ0) is 23.3. The maximum Gasteiger partial charge on any atom is 0.193 e. The maximum absolute atomic E-state index is 15.9. The number of benzene rings is 2. The van der Waals surface area contributed by atoms with E-state index in [1.807, 2.05) is 28.8 Å². The second-order valence-electron chi connectivity index (χ2n) is 8.73. The van der Waals surface area contributed by atoms with Gasteiger partial charge >= 0.3 is 0 Å². The van der Waals surface area contributed by atoms with Gasteiger partial charge in [-0.1, -0.05) is 12.1 Å². The summed E-state index contributed by atoms with van der Waals surface area (Å²) in [6.45, 7) is 3.58. The number of rotatable bonds is 5. The van der Waals surface area contributed by atoms with Crippen molar-refractivity contribution >= 4 is 10.9 Å². The molecule has 168 valence electrons. The Labute approximate surface area is 190 Å². The molecule has 2 heterocycles. The molecular formula is C27H24F2N2O2. The monoisotopic (exact) mass is 446 g/mol. The van der Waals surface area contributed by atoms with Gasteiger partial charge in [0.2, 0.25) is 0 Å². The van der Waals surface area contributed by atoms with Gasteiger partial charge in [-0.3, -0.25) is 9.78 Å². The van der Waals surface area contributed by atoms with Crippen LogP contribution < -0.4 is 10.2 Å². The lowest BCUT2D eigenvalue weighted by atomic mass is 9.98. The van der Waals surface area contributed by atoms with E-state index < -0.39 is 11.6 Å². The van der Waals surface area contributed by atoms with Crippen molar-refractivity contribution in [1.29, 1.82) is 0 Å². The minimum Gasteiger partial charge on any atom is -0.497 e. The zero-order valence-electron chi connectivity index (χ0n) is 18.8. The number of aromatic nitrogens is 2. The van der Waals surface area contributed by atoms with E-state index in [1.54, 1.807) is 39.3 Å². The van der Waals surface area contributed by atoms with E-state index in [0.29, 0.717) is 34.7 Å². The molecule has 0 atom stereocenters. The molecule has 1 aliphatic carbocycles. The molecule has 0 N–H and O–H groups in total. The highest BCUT2D eigenvalue weighted by Gasteiger charge is 2.29. The van der Waals surface area contributed by atoms with Crippen molar-refractivity contribution < 1.29 is 13.5 Å². The van der Waals surface area contributed by atoms with Crippen molar-refractivity contribution in [2.75, 3.05) is 7.11 Å². The molecule has 0 amide bonds. The maximum atomic E-state index is 15.9. The van der Waals surface area contributed by atoms with Crippen molar-refractivity contribution in [2.24, 2.45) is 0 Å². The number of pyridine rings is 2. The van der Waals surface area contributed by atoms with E-state index in [4.69, 9.17) is 4.74 Å². The van der Waals surface area contributed by atoms with Gasteiger partial charge < -0.3 is 9.30 Å². The zero-order valence-corrected chi connectivity index (χ0v) is 18.8. The van der Waals surface area contributed by atoms with Crippen molar-refractivity contribution in [3.05, 3.63) is 93.0 Å². The number of hydrogen-bond acceptors (Lipinski definition) is 3. The number of fused-ring (bicyclic) bond motifs is 1. The largest absolute Gasteiger partial charge is 0.497 e. The van der Waals surface area contributed by atoms with Crippen molar-refractivity contribution in [2.45, 2.75) is 39.2 Å². The van der Waals surface area contributed by atoms with Gasteiger partial charge in [-0.25, -0.2) is 8.78 Å². The van der Waals surface area contributed by atoms with Gasteiger partial charge in [0, 0.05) is 35.6 Å². The highest BCUT2D eigenvalue weighted by molar-refractivity contribution is 5.87. The normalized spacial score (nSPS) is 13.5. The molecule has 5 rings (SSSR count). The van der Waals surface area contributed by atoms with Crippen LogP contribution in [-0.2, 0) is 6.42 Å². The third kappa shape index (κ3) is 3.90. The summed E-state index contributed by atoms with van der Waals surface area (Å²) in [6.07, 6.45) is 3.90. The quantitative estimate of drug-likeness (QED) is 0.384. The number of nitrogens with zero attached hydrogens (tertiary/aromatic N) is 2. The van der Waals surface area contributed by atoms with Gasteiger partial charge in [-0.15, -0.1) is 0 Å². The van der Waals surface area contributed by atoms with Gasteiger partial charge in [0.05, 0.1) is 23.6 Å². The van der Waals surface area contributed by atoms with Gasteiger partial charge in [-0.05, 0) is 68.1 Å². The molecule has 0 spiro atoms. The van der Waals surface area contributed by atoms with Gasteiger partial charge in [0.25, 0.3) is 0 Å². The van der Waals surface area contributed by atoms with Crippen molar-refractivity contribution in [3.8, 4) is 16.9 Å². The Kier molecular flexibility index (Phi) is 5.23. The van der Waals surface area contributed by atoms with Crippen LogP contribution in [0.1, 0.15) is 41.4 Å². The van der Waals surface area contributed by atoms with Crippen LogP contribution in [0.3, 0.4) is 0 Å². The lowest BCUT2D eigenvalue weighted by Gasteiger charge is -2.17. The number of ether oxygens (including phenoxy) is 1. The molecule has 4 nitrogen and oxygen atoms in total. The van der Waals surface area contributed by atoms with Crippen LogP contribution in [0, 0.1) is 25.5 Å². The molecule has 4 aromatic rings. The molecule has 0 saturated heterocycles. The minimum atomic E-state index is -0.747. The summed E-state index contributed by atoms with van der Waals surface area (Å²) in [5.74, 6) is -0.754. The Morgan fingerprint density at radius 1 is 1.09 bits per heavy atom. The predicted octanol–water partition coefficient (Wildman–Crippen LogP) is 5.89. The molecular weight excluding hydrogens is 422 g/mol. The summed E-state index contributed by atoms with van der Waals surface area (Å²) >= 11 is 0. The fourth-order valence-corrected chi connectivity index (χ4v) is 4.51. The number of hydrogen-bond donors (Lipinski definition) is 0. The Morgan fingerprint density at radius 2 is 1.82 bits per heavy atom. The standard InChI is InChI=1S/C27H24F2N2O2/c1-15-9-18(10-16(2)30-15)24-23(28)13-22-26(25(24)29)31(20-7-8-20)14-19(27(22)32)11-17-5-4-6-21(12-17)33-3/h4-6,9-10,12-14,20H,7-8,11H2,1-3H3. The van der Waals surface area contributed by atoms with E-state index in [2.05, 4.69) is 4.98 Å². The Hall–Kier alpha value is -3.54. The molecule has 1 saturated carbocycles. The number of methoxy groups -OCH3 is 1. The van der Waals surface area contributed by atoms with Crippen LogP contribution in [0.25, 0.3) is 22.0 Å². The minimum absolute atomic E-state index is 0.0727. The van der Waals surface area contributed by atoms with Gasteiger partial charge in [0.1, 0.15) is 11.6 Å². The van der Waals surface area contributed by atoms with Crippen LogP contribution in [0.2, 0.25) is 0 Å². The third-order valence-corrected chi connectivity index (χ3v) is 6.12. The average molecular weight is 446 g/mol. The molecule has 0 bridgehead atoms. The van der Waals surface area contributed by atoms with Crippen LogP contribution in [0.4, 0.5) is 8.78 Å². The highest BCUT2D eigenvalue weighted by Crippen LogP contribution is 2.40. The SMILES string of the molecule is COc1cccc(Cc2cn(C3CC3)c3c(F)c(-c4cc(C)nc(C)c4)c(F)cc3c2=O)c1. The second kappa shape index (κ2) is 8.10. The average Bonchev–Trinajstić information content (AvgIpc) is 3.61. The van der Waals surface area contributed by atoms with E-state index >= 15 is 8.78 Å². The fraction of sp³-hybridized carbons (Fsp3) is 0.259. The Bertz CT molecular complexity index is 1430. The van der Waals surface area contributed by atoms with E-state index in [1.165, 1.54) is 6.07 Å². The summed E-state index contributed by atoms with van der Waals surface area (Å²) in [5, 5.41) is 0.0727. The lowest BCUT2D eigenvalue weighted by Crippen LogP contribution is -2.17. The molecule has 6 heteroatoms. The Balaban J connectivity index is 1.73. The molecule has 0 unspecified atom stereocenters. The first-order chi connectivity index (χ1) is 15.9. The molecule has 2 aromatic heterocycles. The summed E-state index contributed by atoms with van der Waals surface area (Å²) in [5.41, 5.74) is 2.88. The molecule has 33 heavy (non-hydrogen) atoms. The predicted molar refractivity (Wildman–Crippen MR) is 125 cm³/mol. The molecule has 0 radical (unpaired) electrons. The second-order valence-corrected chi connectivity index (χ2v) is 8.73. The third-order valence-electron chi connectivity index (χ3n) is 6.12. The summed E-state index contributed by atoms with van der Waals surface area (Å²) in [7, 11) is 1.59. The van der Waals surface area contributed by atoms with Crippen LogP contribution in [-0.4, -0.2) is 16.7 Å². The molecule has 1 fully saturated rings. The smallest absolute Gasteiger partial charge is 0.193 e. The van der Waals surface area contributed by atoms with Gasteiger partial charge in [-0.2, -0.15) is 0 Å². The summed E-state index contributed by atoms with van der Waals surface area (Å²) in [6, 6.07) is 12.1. The lowest BCUT2D eigenvalue weighted by molar-refractivity contribution is 0.414. The topological polar surface area (TPSA) is 44.1 Å². The fourth-order valence-electron chi connectivity index (χ4n) is 4.51. The highest BCUT2D eigenvalue weighted by atomic mass is 19.1. The van der Waals surface area contributed by atoms with E-state index in [0.717, 1.165) is 18.4 Å². The first kappa shape index (κ1) is 21.3. The molecule has 2 aromatic carbocycles. The number of halogens is 2. The Morgan fingerprint density at radius 3 is 2.48 bits per heavy atom. The van der Waals surface area contributed by atoms with Crippen LogP contribution >= 0.6 is 0 Å². The summed E-state index contributed by atoms with van der Waals surface area (Å²) < 4.78 is 38.3. The van der Waals surface area contributed by atoms with E-state index in [-0.39, 0.29) is 27.9 Å².